The van der Waals surface area contributed by atoms with Crippen molar-refractivity contribution in [1.82, 2.24) is 0 Å². The molecule has 0 aliphatic carbocycles. The Morgan fingerprint density at radius 3 is 3.10 bits per heavy atom. The van der Waals surface area contributed by atoms with Crippen LogP contribution in [0.2, 0.25) is 0 Å². The first-order chi connectivity index (χ1) is 4.79. The van der Waals surface area contributed by atoms with Crippen LogP contribution in [0.4, 0.5) is 0 Å². The van der Waals surface area contributed by atoms with Gasteiger partial charge >= 0.3 is 5.97 Å². The van der Waals surface area contributed by atoms with E-state index in [0.29, 0.717) is 11.7 Å². The molecule has 1 rings (SSSR count). The molecule has 10 heavy (non-hydrogen) atoms. The maximum atomic E-state index is 10.1. The molecule has 0 radical (unpaired) electrons. The van der Waals surface area contributed by atoms with Crippen molar-refractivity contribution in [3.63, 3.8) is 0 Å². The average molecular weight is 158 g/mol. The zero-order valence-electron chi connectivity index (χ0n) is 5.62. The van der Waals surface area contributed by atoms with Gasteiger partial charge < -0.3 is 5.11 Å². The van der Waals surface area contributed by atoms with Crippen LogP contribution in [0.3, 0.4) is 0 Å². The molecule has 1 atom stereocenters. The molecule has 1 aliphatic rings. The number of carboxylic acid groups (broad SMARTS) is 1. The molecule has 1 aliphatic heterocycles. The topological polar surface area (TPSA) is 37.3 Å². The van der Waals surface area contributed by atoms with Gasteiger partial charge in [-0.2, -0.15) is 0 Å². The summed E-state index contributed by atoms with van der Waals surface area (Å²) in [7, 11) is 0. The molecule has 0 saturated carbocycles. The first-order valence-electron chi connectivity index (χ1n) is 3.31. The minimum atomic E-state index is -0.687. The molecule has 56 valence electrons. The van der Waals surface area contributed by atoms with Gasteiger partial charge in [-0.25, -0.2) is 0 Å². The number of carboxylic acids is 1. The number of thioether (sulfide) groups is 1. The quantitative estimate of drug-likeness (QED) is 0.681. The first kappa shape index (κ1) is 7.66. The molecule has 1 heterocycles. The number of aliphatic carboxylic acids is 1. The fourth-order valence-corrected chi connectivity index (χ4v) is 1.82. The van der Waals surface area contributed by atoms with E-state index in [2.05, 4.69) is 6.08 Å². The van der Waals surface area contributed by atoms with Gasteiger partial charge in [0.1, 0.15) is 0 Å². The van der Waals surface area contributed by atoms with Crippen molar-refractivity contribution in [3.05, 3.63) is 11.5 Å². The van der Waals surface area contributed by atoms with E-state index >= 15 is 0 Å². The number of hydrogen-bond acceptors (Lipinski definition) is 2. The zero-order valence-corrected chi connectivity index (χ0v) is 6.43. The smallest absolute Gasteiger partial charge is 0.303 e. The van der Waals surface area contributed by atoms with E-state index in [1.165, 1.54) is 0 Å². The Labute approximate surface area is 64.3 Å². The minimum Gasteiger partial charge on any atom is -0.481 e. The summed E-state index contributed by atoms with van der Waals surface area (Å²) in [4.78, 5) is 10.1. The van der Waals surface area contributed by atoms with Gasteiger partial charge in [-0.15, -0.1) is 11.8 Å². The molecule has 1 N–H and O–H groups in total. The third kappa shape index (κ3) is 2.43. The highest BCUT2D eigenvalue weighted by Gasteiger charge is 2.11. The fraction of sp³-hybridized carbons (Fsp3) is 0.571. The highest BCUT2D eigenvalue weighted by atomic mass is 32.2. The summed E-state index contributed by atoms with van der Waals surface area (Å²) in [5.41, 5.74) is 0. The second kappa shape index (κ2) is 3.66. The lowest BCUT2D eigenvalue weighted by Gasteiger charge is -2.03. The van der Waals surface area contributed by atoms with Crippen molar-refractivity contribution in [3.8, 4) is 0 Å². The standard InChI is InChI=1S/C7H10O2S/c8-7(9)4-3-6-2-1-5-10-6/h1,5-6H,2-4H2,(H,8,9). The number of allylic oxidation sites excluding steroid dienone is 1. The van der Waals surface area contributed by atoms with Gasteiger partial charge in [-0.05, 0) is 18.2 Å². The van der Waals surface area contributed by atoms with Crippen molar-refractivity contribution < 1.29 is 9.90 Å². The molecular weight excluding hydrogens is 148 g/mol. The predicted molar refractivity (Wildman–Crippen MR) is 42.0 cm³/mol. The maximum Gasteiger partial charge on any atom is 0.303 e. The second-order valence-corrected chi connectivity index (χ2v) is 3.51. The Balaban J connectivity index is 2.09. The second-order valence-electron chi connectivity index (χ2n) is 2.30. The van der Waals surface area contributed by atoms with E-state index in [1.807, 2.05) is 5.41 Å². The Hall–Kier alpha value is -0.440. The monoisotopic (exact) mass is 158 g/mol. The average Bonchev–Trinajstić information content (AvgIpc) is 2.34. The molecule has 0 bridgehead atoms. The normalized spacial score (nSPS) is 23.4. The first-order valence-corrected chi connectivity index (χ1v) is 4.25. The highest BCUT2D eigenvalue weighted by Crippen LogP contribution is 2.27. The van der Waals surface area contributed by atoms with Gasteiger partial charge in [0, 0.05) is 11.7 Å². The van der Waals surface area contributed by atoms with Gasteiger partial charge in [0.25, 0.3) is 0 Å². The molecule has 0 aromatic carbocycles. The van der Waals surface area contributed by atoms with E-state index in [4.69, 9.17) is 5.11 Å². The predicted octanol–water partition coefficient (Wildman–Crippen LogP) is 1.87. The Morgan fingerprint density at radius 2 is 2.60 bits per heavy atom. The molecule has 0 aromatic heterocycles. The van der Waals surface area contributed by atoms with Crippen molar-refractivity contribution in [1.29, 1.82) is 0 Å². The van der Waals surface area contributed by atoms with E-state index in [9.17, 15) is 4.79 Å². The van der Waals surface area contributed by atoms with Gasteiger partial charge in [0.05, 0.1) is 0 Å². The molecule has 0 spiro atoms. The van der Waals surface area contributed by atoms with Crippen LogP contribution in [0, 0.1) is 0 Å². The van der Waals surface area contributed by atoms with Crippen molar-refractivity contribution in [2.45, 2.75) is 24.5 Å². The molecule has 3 heteroatoms. The molecular formula is C7H10O2S. The Morgan fingerprint density at radius 1 is 1.80 bits per heavy atom. The third-order valence-electron chi connectivity index (χ3n) is 1.45. The SMILES string of the molecule is O=C(O)CCC1CC=CS1. The molecule has 0 amide bonds. The minimum absolute atomic E-state index is 0.305. The van der Waals surface area contributed by atoms with Gasteiger partial charge in [0.15, 0.2) is 0 Å². The van der Waals surface area contributed by atoms with Crippen LogP contribution in [-0.2, 0) is 4.79 Å². The van der Waals surface area contributed by atoms with Crippen LogP contribution >= 0.6 is 11.8 Å². The van der Waals surface area contributed by atoms with Crippen LogP contribution in [0.5, 0.6) is 0 Å². The van der Waals surface area contributed by atoms with Crippen LogP contribution in [0.15, 0.2) is 11.5 Å². The summed E-state index contributed by atoms with van der Waals surface area (Å²) in [6, 6.07) is 0. The maximum absolute atomic E-state index is 10.1. The molecule has 0 fully saturated rings. The lowest BCUT2D eigenvalue weighted by atomic mass is 10.2. The van der Waals surface area contributed by atoms with E-state index in [1.54, 1.807) is 11.8 Å². The highest BCUT2D eigenvalue weighted by molar-refractivity contribution is 8.03. The number of rotatable bonds is 3. The van der Waals surface area contributed by atoms with Gasteiger partial charge in [-0.1, -0.05) is 6.08 Å². The van der Waals surface area contributed by atoms with Crippen LogP contribution in [0.1, 0.15) is 19.3 Å². The Kier molecular flexibility index (Phi) is 2.81. The third-order valence-corrected chi connectivity index (χ3v) is 2.61. The van der Waals surface area contributed by atoms with E-state index < -0.39 is 5.97 Å². The van der Waals surface area contributed by atoms with Crippen molar-refractivity contribution >= 4 is 17.7 Å². The summed E-state index contributed by atoms with van der Waals surface area (Å²) in [6.45, 7) is 0. The van der Waals surface area contributed by atoms with E-state index in [0.717, 1.165) is 12.8 Å². The molecule has 0 saturated heterocycles. The lowest BCUT2D eigenvalue weighted by molar-refractivity contribution is -0.137. The van der Waals surface area contributed by atoms with Crippen LogP contribution in [-0.4, -0.2) is 16.3 Å². The molecule has 2 nitrogen and oxygen atoms in total. The largest absolute Gasteiger partial charge is 0.481 e. The van der Waals surface area contributed by atoms with E-state index in [-0.39, 0.29) is 0 Å². The number of carbonyl (C=O) groups is 1. The van der Waals surface area contributed by atoms with Crippen LogP contribution < -0.4 is 0 Å². The van der Waals surface area contributed by atoms with Crippen molar-refractivity contribution in [2.24, 2.45) is 0 Å². The summed E-state index contributed by atoms with van der Waals surface area (Å²) in [5.74, 6) is -0.687. The molecule has 0 aromatic rings. The summed E-state index contributed by atoms with van der Waals surface area (Å²) in [6.07, 6.45) is 4.24. The van der Waals surface area contributed by atoms with Gasteiger partial charge in [0.2, 0.25) is 0 Å². The van der Waals surface area contributed by atoms with Gasteiger partial charge in [-0.3, -0.25) is 4.79 Å². The summed E-state index contributed by atoms with van der Waals surface area (Å²) in [5, 5.41) is 10.9. The molecule has 1 unspecified atom stereocenters. The van der Waals surface area contributed by atoms with Crippen molar-refractivity contribution in [2.75, 3.05) is 0 Å². The Bertz CT molecular complexity index is 146. The summed E-state index contributed by atoms with van der Waals surface area (Å²) < 4.78 is 0. The number of hydrogen-bond donors (Lipinski definition) is 1. The fourth-order valence-electron chi connectivity index (χ4n) is 0.900. The zero-order chi connectivity index (χ0) is 7.40. The summed E-state index contributed by atoms with van der Waals surface area (Å²) >= 11 is 1.74. The lowest BCUT2D eigenvalue weighted by Crippen LogP contribution is -2.02. The van der Waals surface area contributed by atoms with Crippen LogP contribution in [0.25, 0.3) is 0 Å².